The number of rotatable bonds is 3. The molecule has 1 atom stereocenters. The fourth-order valence-corrected chi connectivity index (χ4v) is 2.64. The Morgan fingerprint density at radius 3 is 2.89 bits per heavy atom. The molecule has 0 aromatic heterocycles. The predicted octanol–water partition coefficient (Wildman–Crippen LogP) is 2.68. The smallest absolute Gasteiger partial charge is 0.253 e. The Morgan fingerprint density at radius 1 is 1.53 bits per heavy atom. The summed E-state index contributed by atoms with van der Waals surface area (Å²) in [6, 6.07) is 3.13. The van der Waals surface area contributed by atoms with Crippen LogP contribution < -0.4 is 5.73 Å². The van der Waals surface area contributed by atoms with Gasteiger partial charge in [-0.25, -0.2) is 0 Å². The molecule has 6 heteroatoms. The van der Waals surface area contributed by atoms with Crippen molar-refractivity contribution >= 4 is 34.8 Å². The van der Waals surface area contributed by atoms with E-state index in [0.717, 1.165) is 13.0 Å². The second-order valence-corrected chi connectivity index (χ2v) is 5.51. The Kier molecular flexibility index (Phi) is 4.55. The van der Waals surface area contributed by atoms with Crippen LogP contribution in [0.25, 0.3) is 0 Å². The average molecular weight is 303 g/mol. The molecule has 1 unspecified atom stereocenters. The van der Waals surface area contributed by atoms with Gasteiger partial charge in [-0.3, -0.25) is 4.79 Å². The lowest BCUT2D eigenvalue weighted by molar-refractivity contribution is 0.0775. The molecular formula is C13H16Cl2N2O2. The van der Waals surface area contributed by atoms with Crippen molar-refractivity contribution in [2.75, 3.05) is 32.5 Å². The van der Waals surface area contributed by atoms with Crippen LogP contribution >= 0.6 is 23.2 Å². The highest BCUT2D eigenvalue weighted by Crippen LogP contribution is 2.30. The third-order valence-electron chi connectivity index (χ3n) is 3.28. The topological polar surface area (TPSA) is 55.6 Å². The number of nitrogens with two attached hydrogens (primary N) is 1. The molecule has 1 aliphatic heterocycles. The summed E-state index contributed by atoms with van der Waals surface area (Å²) in [5, 5.41) is 0.592. The van der Waals surface area contributed by atoms with Crippen LogP contribution in [0, 0.1) is 5.92 Å². The second kappa shape index (κ2) is 5.99. The van der Waals surface area contributed by atoms with Gasteiger partial charge in [-0.05, 0) is 18.6 Å². The maximum atomic E-state index is 12.3. The van der Waals surface area contributed by atoms with Crippen LogP contribution in [-0.2, 0) is 4.74 Å². The van der Waals surface area contributed by atoms with Crippen LogP contribution in [-0.4, -0.2) is 37.6 Å². The van der Waals surface area contributed by atoms with E-state index >= 15 is 0 Å². The van der Waals surface area contributed by atoms with E-state index < -0.39 is 0 Å². The lowest BCUT2D eigenvalue weighted by Crippen LogP contribution is -2.29. The number of hydrogen-bond acceptors (Lipinski definition) is 3. The van der Waals surface area contributed by atoms with E-state index in [1.165, 1.54) is 0 Å². The Morgan fingerprint density at radius 2 is 2.26 bits per heavy atom. The number of carbonyl (C=O) groups is 1. The van der Waals surface area contributed by atoms with Crippen LogP contribution in [0.3, 0.4) is 0 Å². The maximum absolute atomic E-state index is 12.3. The molecule has 1 aromatic rings. The summed E-state index contributed by atoms with van der Waals surface area (Å²) in [6.45, 7) is 2.10. The summed E-state index contributed by atoms with van der Waals surface area (Å²) in [5.41, 5.74) is 6.53. The summed E-state index contributed by atoms with van der Waals surface area (Å²) in [4.78, 5) is 14.1. The van der Waals surface area contributed by atoms with Gasteiger partial charge in [-0.2, -0.15) is 0 Å². The van der Waals surface area contributed by atoms with E-state index in [1.807, 2.05) is 0 Å². The van der Waals surface area contributed by atoms with Crippen molar-refractivity contribution in [1.82, 2.24) is 4.90 Å². The fraction of sp³-hybridized carbons (Fsp3) is 0.462. The molecule has 0 spiro atoms. The third kappa shape index (κ3) is 3.14. The molecule has 2 rings (SSSR count). The summed E-state index contributed by atoms with van der Waals surface area (Å²) in [5.74, 6) is 0.331. The molecular weight excluding hydrogens is 287 g/mol. The number of nitrogen functional groups attached to an aromatic ring is 1. The fourth-order valence-electron chi connectivity index (χ4n) is 2.31. The van der Waals surface area contributed by atoms with E-state index in [2.05, 4.69) is 0 Å². The molecule has 2 N–H and O–H groups in total. The molecule has 1 heterocycles. The molecule has 19 heavy (non-hydrogen) atoms. The molecule has 1 aliphatic rings. The predicted molar refractivity (Wildman–Crippen MR) is 76.8 cm³/mol. The Labute approximate surface area is 122 Å². The number of likely N-dealkylation sites (tertiary alicyclic amines) is 1. The third-order valence-corrected chi connectivity index (χ3v) is 4.10. The zero-order chi connectivity index (χ0) is 14.0. The first-order valence-electron chi connectivity index (χ1n) is 6.05. The van der Waals surface area contributed by atoms with Crippen LogP contribution in [0.1, 0.15) is 16.8 Å². The van der Waals surface area contributed by atoms with Crippen molar-refractivity contribution in [3.8, 4) is 0 Å². The van der Waals surface area contributed by atoms with Gasteiger partial charge in [0.2, 0.25) is 0 Å². The van der Waals surface area contributed by atoms with Crippen molar-refractivity contribution < 1.29 is 9.53 Å². The first kappa shape index (κ1) is 14.4. The molecule has 0 radical (unpaired) electrons. The Balaban J connectivity index is 2.13. The number of hydrogen-bond donors (Lipinski definition) is 1. The second-order valence-electron chi connectivity index (χ2n) is 4.72. The van der Waals surface area contributed by atoms with Gasteiger partial charge in [0, 0.05) is 31.7 Å². The minimum absolute atomic E-state index is 0.0659. The van der Waals surface area contributed by atoms with Crippen molar-refractivity contribution in [2.45, 2.75) is 6.42 Å². The molecule has 4 nitrogen and oxygen atoms in total. The lowest BCUT2D eigenvalue weighted by Gasteiger charge is -2.17. The molecule has 1 amide bonds. The maximum Gasteiger partial charge on any atom is 0.253 e. The Bertz CT molecular complexity index is 471. The van der Waals surface area contributed by atoms with Crippen LogP contribution in [0.15, 0.2) is 12.1 Å². The van der Waals surface area contributed by atoms with E-state index in [9.17, 15) is 4.79 Å². The van der Waals surface area contributed by atoms with Crippen molar-refractivity contribution in [1.29, 1.82) is 0 Å². The van der Waals surface area contributed by atoms with Gasteiger partial charge in [0.05, 0.1) is 22.3 Å². The zero-order valence-corrected chi connectivity index (χ0v) is 12.2. The van der Waals surface area contributed by atoms with E-state index in [0.29, 0.717) is 35.3 Å². The van der Waals surface area contributed by atoms with Gasteiger partial charge in [-0.15, -0.1) is 0 Å². The molecule has 1 saturated heterocycles. The molecule has 1 fully saturated rings. The minimum Gasteiger partial charge on any atom is -0.397 e. The highest BCUT2D eigenvalue weighted by molar-refractivity contribution is 6.43. The van der Waals surface area contributed by atoms with Gasteiger partial charge in [0.25, 0.3) is 5.91 Å². The number of ether oxygens (including phenoxy) is 1. The van der Waals surface area contributed by atoms with E-state index in [-0.39, 0.29) is 10.9 Å². The highest BCUT2D eigenvalue weighted by atomic mass is 35.5. The molecule has 0 aliphatic carbocycles. The Hall–Kier alpha value is -0.970. The summed E-state index contributed by atoms with van der Waals surface area (Å²) >= 11 is 11.8. The summed E-state index contributed by atoms with van der Waals surface area (Å²) < 4.78 is 5.12. The minimum atomic E-state index is -0.0659. The average Bonchev–Trinajstić information content (AvgIpc) is 2.83. The number of carbonyl (C=O) groups excluding carboxylic acids is 1. The molecule has 104 valence electrons. The number of methoxy groups -OCH3 is 1. The lowest BCUT2D eigenvalue weighted by atomic mass is 10.1. The van der Waals surface area contributed by atoms with Crippen molar-refractivity contribution in [3.63, 3.8) is 0 Å². The van der Waals surface area contributed by atoms with Gasteiger partial charge >= 0.3 is 0 Å². The number of anilines is 1. The number of benzene rings is 1. The van der Waals surface area contributed by atoms with Crippen molar-refractivity contribution in [3.05, 3.63) is 27.7 Å². The quantitative estimate of drug-likeness (QED) is 0.874. The van der Waals surface area contributed by atoms with Crippen LogP contribution in [0.2, 0.25) is 10.0 Å². The first-order valence-corrected chi connectivity index (χ1v) is 6.81. The van der Waals surface area contributed by atoms with E-state index in [1.54, 1.807) is 24.1 Å². The zero-order valence-electron chi connectivity index (χ0n) is 10.7. The van der Waals surface area contributed by atoms with Crippen LogP contribution in [0.4, 0.5) is 5.69 Å². The number of amides is 1. The van der Waals surface area contributed by atoms with Gasteiger partial charge in [-0.1, -0.05) is 23.2 Å². The number of nitrogens with zero attached hydrogens (tertiary/aromatic N) is 1. The summed E-state index contributed by atoms with van der Waals surface area (Å²) in [7, 11) is 1.67. The van der Waals surface area contributed by atoms with Crippen molar-refractivity contribution in [2.24, 2.45) is 5.92 Å². The van der Waals surface area contributed by atoms with Gasteiger partial charge in [0.15, 0.2) is 0 Å². The largest absolute Gasteiger partial charge is 0.397 e. The van der Waals surface area contributed by atoms with E-state index in [4.69, 9.17) is 33.7 Å². The van der Waals surface area contributed by atoms with Crippen LogP contribution in [0.5, 0.6) is 0 Å². The molecule has 0 bridgehead atoms. The molecule has 1 aromatic carbocycles. The first-order chi connectivity index (χ1) is 9.02. The SMILES string of the molecule is COCC1CCN(C(=O)c2cc(N)c(Cl)c(Cl)c2)C1. The van der Waals surface area contributed by atoms with Gasteiger partial charge < -0.3 is 15.4 Å². The monoisotopic (exact) mass is 302 g/mol. The number of halogens is 2. The normalized spacial score (nSPS) is 18.9. The highest BCUT2D eigenvalue weighted by Gasteiger charge is 2.27. The standard InChI is InChI=1S/C13H16Cl2N2O2/c1-19-7-8-2-3-17(6-8)13(18)9-4-10(14)12(15)11(16)5-9/h4-5,8H,2-3,6-7,16H2,1H3. The van der Waals surface area contributed by atoms with Gasteiger partial charge in [0.1, 0.15) is 0 Å². The summed E-state index contributed by atoms with van der Waals surface area (Å²) in [6.07, 6.45) is 0.955. The molecule has 0 saturated carbocycles.